The van der Waals surface area contributed by atoms with E-state index in [-0.39, 0.29) is 11.9 Å². The lowest BCUT2D eigenvalue weighted by Crippen LogP contribution is -2.45. The molecule has 0 fully saturated rings. The van der Waals surface area contributed by atoms with Crippen molar-refractivity contribution in [2.45, 2.75) is 59.5 Å². The van der Waals surface area contributed by atoms with Crippen LogP contribution in [0.4, 0.5) is 0 Å². The van der Waals surface area contributed by atoms with Gasteiger partial charge in [-0.05, 0) is 25.7 Å². The quantitative estimate of drug-likeness (QED) is 0.684. The number of ether oxygens (including phenoxy) is 1. The Morgan fingerprint density at radius 2 is 1.88 bits per heavy atom. The van der Waals surface area contributed by atoms with E-state index in [4.69, 9.17) is 4.74 Å². The molecule has 0 radical (unpaired) electrons. The smallest absolute Gasteiger partial charge is 0.312 e. The molecule has 0 rings (SSSR count). The zero-order chi connectivity index (χ0) is 12.8. The molecule has 0 bridgehead atoms. The van der Waals surface area contributed by atoms with E-state index in [2.05, 4.69) is 0 Å². The van der Waals surface area contributed by atoms with Gasteiger partial charge in [0.2, 0.25) is 0 Å². The molecule has 0 saturated carbocycles. The van der Waals surface area contributed by atoms with Gasteiger partial charge >= 0.3 is 5.97 Å². The molecule has 0 aromatic rings. The molecule has 1 N–H and O–H groups in total. The van der Waals surface area contributed by atoms with E-state index >= 15 is 0 Å². The van der Waals surface area contributed by atoms with E-state index in [0.717, 1.165) is 6.42 Å². The van der Waals surface area contributed by atoms with Gasteiger partial charge in [0.25, 0.3) is 0 Å². The maximum absolute atomic E-state index is 11.9. The van der Waals surface area contributed by atoms with Crippen molar-refractivity contribution in [3.8, 4) is 0 Å². The highest BCUT2D eigenvalue weighted by Gasteiger charge is 2.42. The lowest BCUT2D eigenvalue weighted by molar-refractivity contribution is -0.163. The average molecular weight is 230 g/mol. The summed E-state index contributed by atoms with van der Waals surface area (Å²) in [5.41, 5.74) is -0.921. The number of hydrogen-bond acceptors (Lipinski definition) is 3. The molecular weight excluding hydrogens is 204 g/mol. The predicted molar refractivity (Wildman–Crippen MR) is 65.1 cm³/mol. The van der Waals surface area contributed by atoms with Crippen LogP contribution in [-0.4, -0.2) is 23.3 Å². The molecule has 0 aliphatic carbocycles. The van der Waals surface area contributed by atoms with E-state index in [1.165, 1.54) is 0 Å². The second kappa shape index (κ2) is 6.89. The molecular formula is C13H26O3. The van der Waals surface area contributed by atoms with Gasteiger partial charge < -0.3 is 9.84 Å². The van der Waals surface area contributed by atoms with Crippen LogP contribution in [0.25, 0.3) is 0 Å². The minimum Gasteiger partial charge on any atom is -0.466 e. The first kappa shape index (κ1) is 15.4. The Balaban J connectivity index is 4.92. The Bertz CT molecular complexity index is 213. The molecule has 16 heavy (non-hydrogen) atoms. The van der Waals surface area contributed by atoms with Crippen LogP contribution in [-0.2, 0) is 9.53 Å². The van der Waals surface area contributed by atoms with Gasteiger partial charge in [-0.15, -0.1) is 0 Å². The zero-order valence-electron chi connectivity index (χ0n) is 11.2. The van der Waals surface area contributed by atoms with Gasteiger partial charge in [0, 0.05) is 0 Å². The van der Waals surface area contributed by atoms with Crippen LogP contribution in [0.2, 0.25) is 0 Å². The molecule has 0 aromatic carbocycles. The molecule has 0 aliphatic heterocycles. The molecule has 0 aliphatic rings. The Labute approximate surface area is 99.2 Å². The van der Waals surface area contributed by atoms with E-state index in [0.29, 0.717) is 19.4 Å². The van der Waals surface area contributed by atoms with E-state index in [1.807, 2.05) is 27.7 Å². The number of carbonyl (C=O) groups is 1. The molecule has 96 valence electrons. The molecule has 0 aromatic heterocycles. The molecule has 3 nitrogen and oxygen atoms in total. The molecule has 2 unspecified atom stereocenters. The van der Waals surface area contributed by atoms with Crippen LogP contribution in [0.3, 0.4) is 0 Å². The van der Waals surface area contributed by atoms with E-state index < -0.39 is 11.5 Å². The summed E-state index contributed by atoms with van der Waals surface area (Å²) in [5, 5.41) is 10.5. The highest BCUT2D eigenvalue weighted by Crippen LogP contribution is 2.33. The van der Waals surface area contributed by atoms with Crippen LogP contribution in [0.5, 0.6) is 0 Å². The first-order chi connectivity index (χ1) is 7.42. The maximum Gasteiger partial charge on any atom is 0.312 e. The summed E-state index contributed by atoms with van der Waals surface area (Å²) < 4.78 is 5.06. The highest BCUT2D eigenvalue weighted by atomic mass is 16.5. The van der Waals surface area contributed by atoms with Gasteiger partial charge in [0.1, 0.15) is 0 Å². The lowest BCUT2D eigenvalue weighted by atomic mass is 9.75. The second-order valence-corrected chi connectivity index (χ2v) is 4.68. The molecule has 0 spiro atoms. The molecule has 3 heteroatoms. The average Bonchev–Trinajstić information content (AvgIpc) is 2.18. The fraction of sp³-hybridized carbons (Fsp3) is 0.923. The van der Waals surface area contributed by atoms with Gasteiger partial charge in [-0.3, -0.25) is 4.79 Å². The minimum atomic E-state index is -0.921. The van der Waals surface area contributed by atoms with E-state index in [9.17, 15) is 9.90 Å². The van der Waals surface area contributed by atoms with Crippen molar-refractivity contribution in [3.63, 3.8) is 0 Å². The minimum absolute atomic E-state index is 0.0931. The third kappa shape index (κ3) is 3.78. The largest absolute Gasteiger partial charge is 0.466 e. The first-order valence-corrected chi connectivity index (χ1v) is 6.31. The Hall–Kier alpha value is -0.570. The monoisotopic (exact) mass is 230 g/mol. The summed E-state index contributed by atoms with van der Waals surface area (Å²) in [4.78, 5) is 11.9. The van der Waals surface area contributed by atoms with Gasteiger partial charge in [-0.1, -0.05) is 34.1 Å². The number of aliphatic hydroxyl groups is 1. The molecule has 0 heterocycles. The number of hydrogen-bond donors (Lipinski definition) is 1. The summed E-state index contributed by atoms with van der Waals surface area (Å²) in [5.74, 6) is -0.594. The highest BCUT2D eigenvalue weighted by molar-refractivity contribution is 5.74. The normalized spacial score (nSPS) is 16.9. The summed E-state index contributed by atoms with van der Waals surface area (Å²) in [6.45, 7) is 10.0. The van der Waals surface area contributed by atoms with Crippen molar-refractivity contribution < 1.29 is 14.6 Å². The SMILES string of the molecule is CCCC(O)(CC)C(C(=O)OCC)C(C)C. The van der Waals surface area contributed by atoms with Gasteiger partial charge in [0.15, 0.2) is 0 Å². The van der Waals surface area contributed by atoms with Crippen LogP contribution in [0, 0.1) is 11.8 Å². The number of rotatable bonds is 7. The van der Waals surface area contributed by atoms with Crippen LogP contribution in [0.15, 0.2) is 0 Å². The van der Waals surface area contributed by atoms with Crippen LogP contribution < -0.4 is 0 Å². The van der Waals surface area contributed by atoms with Crippen molar-refractivity contribution in [3.05, 3.63) is 0 Å². The maximum atomic E-state index is 11.9. The summed E-state index contributed by atoms with van der Waals surface area (Å²) in [7, 11) is 0. The first-order valence-electron chi connectivity index (χ1n) is 6.31. The summed E-state index contributed by atoms with van der Waals surface area (Å²) in [6.07, 6.45) is 2.10. The third-order valence-electron chi connectivity index (χ3n) is 3.08. The topological polar surface area (TPSA) is 46.5 Å². The van der Waals surface area contributed by atoms with Crippen molar-refractivity contribution in [1.29, 1.82) is 0 Å². The van der Waals surface area contributed by atoms with Crippen molar-refractivity contribution in [2.24, 2.45) is 11.8 Å². The van der Waals surface area contributed by atoms with Crippen LogP contribution >= 0.6 is 0 Å². The standard InChI is InChI=1S/C13H26O3/c1-6-9-13(15,7-2)11(10(4)5)12(14)16-8-3/h10-11,15H,6-9H2,1-5H3. The molecule has 2 atom stereocenters. The van der Waals surface area contributed by atoms with Crippen LogP contribution in [0.1, 0.15) is 53.9 Å². The van der Waals surface area contributed by atoms with Gasteiger partial charge in [-0.25, -0.2) is 0 Å². The summed E-state index contributed by atoms with van der Waals surface area (Å²) >= 11 is 0. The van der Waals surface area contributed by atoms with Gasteiger partial charge in [-0.2, -0.15) is 0 Å². The van der Waals surface area contributed by atoms with Crippen molar-refractivity contribution >= 4 is 5.97 Å². The number of carbonyl (C=O) groups excluding carboxylic acids is 1. The van der Waals surface area contributed by atoms with E-state index in [1.54, 1.807) is 6.92 Å². The predicted octanol–water partition coefficient (Wildman–Crippen LogP) is 2.76. The molecule has 0 saturated heterocycles. The Morgan fingerprint density at radius 3 is 2.19 bits per heavy atom. The fourth-order valence-corrected chi connectivity index (χ4v) is 2.33. The third-order valence-corrected chi connectivity index (χ3v) is 3.08. The fourth-order valence-electron chi connectivity index (χ4n) is 2.33. The Morgan fingerprint density at radius 1 is 1.31 bits per heavy atom. The summed E-state index contributed by atoms with van der Waals surface area (Å²) in [6, 6.07) is 0. The number of esters is 1. The van der Waals surface area contributed by atoms with Gasteiger partial charge in [0.05, 0.1) is 18.1 Å². The van der Waals surface area contributed by atoms with Crippen molar-refractivity contribution in [1.82, 2.24) is 0 Å². The lowest BCUT2D eigenvalue weighted by Gasteiger charge is -2.36. The molecule has 0 amide bonds. The zero-order valence-corrected chi connectivity index (χ0v) is 11.2. The van der Waals surface area contributed by atoms with Crippen molar-refractivity contribution in [2.75, 3.05) is 6.61 Å². The second-order valence-electron chi connectivity index (χ2n) is 4.68. The Kier molecular flexibility index (Phi) is 6.65.